The zero-order chi connectivity index (χ0) is 13.9. The summed E-state index contributed by atoms with van der Waals surface area (Å²) in [5.74, 6) is 0. The SMILES string of the molecule is N#CC(O)C(O)c1ccc(C(F)(F)F)cc1C=O. The Morgan fingerprint density at radius 2 is 1.94 bits per heavy atom. The molecule has 0 aliphatic heterocycles. The van der Waals surface area contributed by atoms with Crippen LogP contribution in [0.3, 0.4) is 0 Å². The maximum atomic E-state index is 12.4. The Labute approximate surface area is 99.9 Å². The summed E-state index contributed by atoms with van der Waals surface area (Å²) in [6.07, 6.45) is -8.05. The molecule has 0 fully saturated rings. The number of nitriles is 1. The van der Waals surface area contributed by atoms with Crippen LogP contribution < -0.4 is 0 Å². The van der Waals surface area contributed by atoms with Crippen LogP contribution in [0.5, 0.6) is 0 Å². The fourth-order valence-corrected chi connectivity index (χ4v) is 1.36. The van der Waals surface area contributed by atoms with Gasteiger partial charge in [-0.25, -0.2) is 0 Å². The van der Waals surface area contributed by atoms with Crippen molar-refractivity contribution in [2.45, 2.75) is 18.4 Å². The molecule has 0 bridgehead atoms. The molecule has 2 N–H and O–H groups in total. The predicted molar refractivity (Wildman–Crippen MR) is 53.4 cm³/mol. The predicted octanol–water partition coefficient (Wildman–Crippen LogP) is 1.44. The van der Waals surface area contributed by atoms with Crippen molar-refractivity contribution in [3.05, 3.63) is 34.9 Å². The lowest BCUT2D eigenvalue weighted by Crippen LogP contribution is -2.18. The minimum atomic E-state index is -4.62. The fourth-order valence-electron chi connectivity index (χ4n) is 1.36. The summed E-state index contributed by atoms with van der Waals surface area (Å²) in [7, 11) is 0. The van der Waals surface area contributed by atoms with Gasteiger partial charge in [-0.3, -0.25) is 4.79 Å². The van der Waals surface area contributed by atoms with Crippen LogP contribution in [0, 0.1) is 11.3 Å². The van der Waals surface area contributed by atoms with Crippen molar-refractivity contribution in [2.75, 3.05) is 0 Å². The van der Waals surface area contributed by atoms with Gasteiger partial charge in [-0.15, -0.1) is 0 Å². The molecule has 0 spiro atoms. The molecule has 0 aliphatic carbocycles. The standard InChI is InChI=1S/C11H8F3NO3/c12-11(13,14)7-1-2-8(6(3-7)5-16)10(18)9(17)4-15/h1-3,5,9-10,17-18H. The van der Waals surface area contributed by atoms with Gasteiger partial charge in [0.1, 0.15) is 12.4 Å². The number of benzene rings is 1. The summed E-state index contributed by atoms with van der Waals surface area (Å²) in [6, 6.07) is 3.40. The number of hydrogen-bond donors (Lipinski definition) is 2. The van der Waals surface area contributed by atoms with E-state index in [9.17, 15) is 23.1 Å². The Balaban J connectivity index is 3.25. The number of carbonyl (C=O) groups excluding carboxylic acids is 1. The van der Waals surface area contributed by atoms with Crippen LogP contribution in [0.25, 0.3) is 0 Å². The fraction of sp³-hybridized carbons (Fsp3) is 0.273. The summed E-state index contributed by atoms with van der Waals surface area (Å²) in [4.78, 5) is 10.7. The first-order chi connectivity index (χ1) is 8.31. The average molecular weight is 259 g/mol. The molecule has 0 radical (unpaired) electrons. The molecule has 0 aliphatic rings. The molecule has 2 unspecified atom stereocenters. The van der Waals surface area contributed by atoms with Crippen LogP contribution in [-0.2, 0) is 6.18 Å². The Bertz CT molecular complexity index is 493. The van der Waals surface area contributed by atoms with Crippen LogP contribution in [-0.4, -0.2) is 22.6 Å². The van der Waals surface area contributed by atoms with Crippen molar-refractivity contribution >= 4 is 6.29 Å². The van der Waals surface area contributed by atoms with Crippen LogP contribution >= 0.6 is 0 Å². The normalized spacial score (nSPS) is 14.7. The van der Waals surface area contributed by atoms with Crippen molar-refractivity contribution < 1.29 is 28.2 Å². The van der Waals surface area contributed by atoms with E-state index in [4.69, 9.17) is 10.4 Å². The van der Waals surface area contributed by atoms with Gasteiger partial charge in [0.25, 0.3) is 0 Å². The first-order valence-corrected chi connectivity index (χ1v) is 4.73. The van der Waals surface area contributed by atoms with E-state index in [0.29, 0.717) is 12.1 Å². The van der Waals surface area contributed by atoms with E-state index in [1.54, 1.807) is 0 Å². The van der Waals surface area contributed by atoms with Gasteiger partial charge in [0.2, 0.25) is 0 Å². The minimum Gasteiger partial charge on any atom is -0.385 e. The molecule has 0 saturated carbocycles. The summed E-state index contributed by atoms with van der Waals surface area (Å²) in [5, 5.41) is 26.9. The highest BCUT2D eigenvalue weighted by Crippen LogP contribution is 2.31. The molecule has 96 valence electrons. The van der Waals surface area contributed by atoms with Crippen LogP contribution in [0.4, 0.5) is 13.2 Å². The number of aliphatic hydroxyl groups is 2. The van der Waals surface area contributed by atoms with Crippen molar-refractivity contribution in [3.8, 4) is 6.07 Å². The molecule has 4 nitrogen and oxygen atoms in total. The largest absolute Gasteiger partial charge is 0.416 e. The molecule has 0 amide bonds. The third-order valence-corrected chi connectivity index (χ3v) is 2.29. The van der Waals surface area contributed by atoms with Crippen molar-refractivity contribution in [1.29, 1.82) is 5.26 Å². The number of halogens is 3. The number of aldehydes is 1. The Kier molecular flexibility index (Phi) is 4.06. The molecule has 1 aromatic rings. The summed E-state index contributed by atoms with van der Waals surface area (Å²) >= 11 is 0. The molecule has 1 aromatic carbocycles. The van der Waals surface area contributed by atoms with E-state index in [2.05, 4.69) is 0 Å². The molecule has 1 rings (SSSR count). The molecule has 0 aromatic heterocycles. The van der Waals surface area contributed by atoms with E-state index in [1.165, 1.54) is 6.07 Å². The highest BCUT2D eigenvalue weighted by atomic mass is 19.4. The maximum Gasteiger partial charge on any atom is 0.416 e. The van der Waals surface area contributed by atoms with Crippen LogP contribution in [0.15, 0.2) is 18.2 Å². The van der Waals surface area contributed by atoms with Gasteiger partial charge in [-0.1, -0.05) is 6.07 Å². The monoisotopic (exact) mass is 259 g/mol. The second-order valence-corrected chi connectivity index (χ2v) is 3.48. The Morgan fingerprint density at radius 1 is 1.33 bits per heavy atom. The molecule has 18 heavy (non-hydrogen) atoms. The highest BCUT2D eigenvalue weighted by molar-refractivity contribution is 5.78. The molecule has 0 heterocycles. The van der Waals surface area contributed by atoms with Gasteiger partial charge in [-0.2, -0.15) is 18.4 Å². The van der Waals surface area contributed by atoms with Gasteiger partial charge in [0.05, 0.1) is 11.6 Å². The highest BCUT2D eigenvalue weighted by Gasteiger charge is 2.32. The lowest BCUT2D eigenvalue weighted by Gasteiger charge is -2.15. The molecular weight excluding hydrogens is 251 g/mol. The van der Waals surface area contributed by atoms with Gasteiger partial charge < -0.3 is 10.2 Å². The van der Waals surface area contributed by atoms with Crippen molar-refractivity contribution in [3.63, 3.8) is 0 Å². The zero-order valence-electron chi connectivity index (χ0n) is 8.85. The number of aliphatic hydroxyl groups excluding tert-OH is 2. The van der Waals surface area contributed by atoms with Crippen molar-refractivity contribution in [1.82, 2.24) is 0 Å². The van der Waals surface area contributed by atoms with Crippen LogP contribution in [0.2, 0.25) is 0 Å². The molecule has 0 saturated heterocycles. The first-order valence-electron chi connectivity index (χ1n) is 4.73. The molecular formula is C11H8F3NO3. The number of alkyl halides is 3. The lowest BCUT2D eigenvalue weighted by atomic mass is 9.97. The van der Waals surface area contributed by atoms with Crippen molar-refractivity contribution in [2.24, 2.45) is 0 Å². The Hall–Kier alpha value is -1.91. The second kappa shape index (κ2) is 5.16. The smallest absolute Gasteiger partial charge is 0.385 e. The zero-order valence-corrected chi connectivity index (χ0v) is 8.85. The molecule has 2 atom stereocenters. The van der Waals surface area contributed by atoms with E-state index in [-0.39, 0.29) is 11.8 Å². The third-order valence-electron chi connectivity index (χ3n) is 2.29. The number of hydrogen-bond acceptors (Lipinski definition) is 4. The van der Waals surface area contributed by atoms with E-state index < -0.39 is 29.5 Å². The summed E-state index contributed by atoms with van der Waals surface area (Å²) in [5.41, 5.74) is -1.70. The summed E-state index contributed by atoms with van der Waals surface area (Å²) in [6.45, 7) is 0. The maximum absolute atomic E-state index is 12.4. The topological polar surface area (TPSA) is 81.3 Å². The second-order valence-electron chi connectivity index (χ2n) is 3.48. The van der Waals surface area contributed by atoms with Gasteiger partial charge >= 0.3 is 6.18 Å². The van der Waals surface area contributed by atoms with E-state index in [0.717, 1.165) is 6.07 Å². The third kappa shape index (κ3) is 2.85. The van der Waals surface area contributed by atoms with Gasteiger partial charge in [0, 0.05) is 5.56 Å². The number of nitrogens with zero attached hydrogens (tertiary/aromatic N) is 1. The average Bonchev–Trinajstić information content (AvgIpc) is 2.35. The quantitative estimate of drug-likeness (QED) is 0.635. The number of rotatable bonds is 3. The first kappa shape index (κ1) is 14.2. The van der Waals surface area contributed by atoms with E-state index >= 15 is 0 Å². The Morgan fingerprint density at radius 3 is 2.39 bits per heavy atom. The number of carbonyl (C=O) groups is 1. The lowest BCUT2D eigenvalue weighted by molar-refractivity contribution is -0.137. The summed E-state index contributed by atoms with van der Waals surface area (Å²) < 4.78 is 37.1. The van der Waals surface area contributed by atoms with Gasteiger partial charge in [-0.05, 0) is 17.7 Å². The van der Waals surface area contributed by atoms with Gasteiger partial charge in [0.15, 0.2) is 6.10 Å². The minimum absolute atomic E-state index is 0.123. The molecule has 7 heteroatoms. The van der Waals surface area contributed by atoms with Crippen LogP contribution in [0.1, 0.15) is 27.6 Å². The van der Waals surface area contributed by atoms with E-state index in [1.807, 2.05) is 0 Å².